The molecule has 0 saturated heterocycles. The zero-order valence-corrected chi connectivity index (χ0v) is 66.6. The SMILES string of the molecule is CC/C=C\C/C=C\C/C=C\C/C=C\CCCCCCCCCCCCCCCCCCCCCCCCC(=O)OC(COC(=O)CCCCCCCCCCCCCCCCCCCCCCCCCCCCC/C=C\CCCCCCCCCC)COC(OCC[N+](C)(C)C)C(=O)[O-]. The van der Waals surface area contributed by atoms with E-state index in [1.165, 1.54) is 347 Å². The lowest BCUT2D eigenvalue weighted by molar-refractivity contribution is -0.870. The molecule has 0 aliphatic heterocycles. The van der Waals surface area contributed by atoms with Crippen molar-refractivity contribution in [2.75, 3.05) is 47.5 Å². The lowest BCUT2D eigenvalue weighted by atomic mass is 10.0. The summed E-state index contributed by atoms with van der Waals surface area (Å²) in [5, 5.41) is 11.9. The molecule has 0 heterocycles. The van der Waals surface area contributed by atoms with Crippen molar-refractivity contribution in [3.63, 3.8) is 0 Å². The van der Waals surface area contributed by atoms with Gasteiger partial charge in [0.2, 0.25) is 0 Å². The summed E-state index contributed by atoms with van der Waals surface area (Å²) < 4.78 is 22.9. The predicted octanol–water partition coefficient (Wildman–Crippen LogP) is 26.8. The third kappa shape index (κ3) is 82.2. The largest absolute Gasteiger partial charge is 0.545 e. The standard InChI is InChI=1S/C90H167NO8/c1-6-8-10-12-14-16-18-20-22-24-26-28-30-32-34-36-38-40-42-43-44-45-47-48-50-52-54-56-58-60-62-64-66-68-70-72-74-76-78-80-87(92)97-84-86(85-98-90(89(94)95)96-83-82-91(3,4)5)99-88(93)81-79-77-75-73-71-69-67-65-63-61-59-57-55-53-51-49-46-41-39-37-35-33-31-29-27-25-23-21-19-17-15-13-11-9-7-2/h9,11,15,17,21,23-24,26-27,29,86,90H,6-8,10,12-14,16,18-20,22,25,28,30-85H2,1-5H3/b11-9-,17-15-,23-21-,26-24-,29-27-. The Kier molecular flexibility index (Phi) is 78.2. The molecule has 0 aromatic heterocycles. The number of unbranched alkanes of at least 4 members (excludes halogenated alkanes) is 57. The van der Waals surface area contributed by atoms with Gasteiger partial charge in [-0.3, -0.25) is 9.59 Å². The van der Waals surface area contributed by atoms with Crippen molar-refractivity contribution < 1.29 is 42.9 Å². The number of hydrogen-bond acceptors (Lipinski definition) is 8. The molecule has 99 heavy (non-hydrogen) atoms. The molecule has 9 nitrogen and oxygen atoms in total. The summed E-state index contributed by atoms with van der Waals surface area (Å²) in [6.07, 6.45) is 105. The van der Waals surface area contributed by atoms with Crippen LogP contribution >= 0.6 is 0 Å². The van der Waals surface area contributed by atoms with Crippen LogP contribution in [0.25, 0.3) is 0 Å². The van der Waals surface area contributed by atoms with Crippen molar-refractivity contribution in [2.24, 2.45) is 0 Å². The summed E-state index contributed by atoms with van der Waals surface area (Å²) in [6, 6.07) is 0. The molecule has 2 atom stereocenters. The number of carbonyl (C=O) groups is 3. The van der Waals surface area contributed by atoms with Crippen LogP contribution in [0, 0.1) is 0 Å². The van der Waals surface area contributed by atoms with E-state index in [4.69, 9.17) is 18.9 Å². The summed E-state index contributed by atoms with van der Waals surface area (Å²) >= 11 is 0. The number of nitrogens with zero attached hydrogens (tertiary/aromatic N) is 1. The molecular formula is C90H167NO8. The Balaban J connectivity index is 3.91. The first-order valence-corrected chi connectivity index (χ1v) is 43.4. The molecule has 0 saturated carbocycles. The molecule has 0 fully saturated rings. The number of likely N-dealkylation sites (N-methyl/N-ethyl adjacent to an activating group) is 1. The molecule has 0 spiro atoms. The second kappa shape index (κ2) is 80.7. The Labute approximate surface area is 615 Å². The predicted molar refractivity (Wildman–Crippen MR) is 426 cm³/mol. The van der Waals surface area contributed by atoms with Crippen LogP contribution in [0.4, 0.5) is 0 Å². The number of quaternary nitrogens is 1. The molecule has 0 bridgehead atoms. The molecule has 9 heteroatoms. The Morgan fingerprint density at radius 1 is 0.313 bits per heavy atom. The maximum Gasteiger partial charge on any atom is 0.306 e. The number of carbonyl (C=O) groups excluding carboxylic acids is 3. The molecule has 0 rings (SSSR count). The number of hydrogen-bond donors (Lipinski definition) is 0. The molecule has 0 aromatic rings. The quantitative estimate of drug-likeness (QED) is 0.0195. The van der Waals surface area contributed by atoms with Gasteiger partial charge in [0.1, 0.15) is 13.2 Å². The number of rotatable bonds is 82. The summed E-state index contributed by atoms with van der Waals surface area (Å²) in [5.74, 6) is -2.25. The van der Waals surface area contributed by atoms with Gasteiger partial charge in [0.05, 0.1) is 40.3 Å². The van der Waals surface area contributed by atoms with Gasteiger partial charge in [-0.1, -0.05) is 408 Å². The zero-order chi connectivity index (χ0) is 71.8. The minimum atomic E-state index is -1.62. The van der Waals surface area contributed by atoms with Gasteiger partial charge in [0.25, 0.3) is 0 Å². The molecular weight excluding hydrogens is 1220 g/mol. The third-order valence-corrected chi connectivity index (χ3v) is 19.7. The second-order valence-electron chi connectivity index (χ2n) is 30.8. The fourth-order valence-electron chi connectivity index (χ4n) is 13.2. The highest BCUT2D eigenvalue weighted by atomic mass is 16.7. The minimum Gasteiger partial charge on any atom is -0.545 e. The number of carboxylic acids is 1. The average molecular weight is 1390 g/mol. The van der Waals surface area contributed by atoms with E-state index >= 15 is 0 Å². The van der Waals surface area contributed by atoms with Gasteiger partial charge in [-0.05, 0) is 77.0 Å². The Hall–Kier alpha value is -3.01. The maximum absolute atomic E-state index is 13.0. The van der Waals surface area contributed by atoms with Crippen molar-refractivity contribution >= 4 is 17.9 Å². The number of ether oxygens (including phenoxy) is 4. The van der Waals surface area contributed by atoms with Gasteiger partial charge >= 0.3 is 11.9 Å². The molecule has 0 N–H and O–H groups in total. The molecule has 0 aliphatic rings. The summed E-state index contributed by atoms with van der Waals surface area (Å²) in [7, 11) is 5.96. The molecule has 580 valence electrons. The topological polar surface area (TPSA) is 111 Å². The van der Waals surface area contributed by atoms with Crippen molar-refractivity contribution in [3.05, 3.63) is 60.8 Å². The zero-order valence-electron chi connectivity index (χ0n) is 66.6. The maximum atomic E-state index is 13.0. The van der Waals surface area contributed by atoms with Gasteiger partial charge in [-0.15, -0.1) is 0 Å². The van der Waals surface area contributed by atoms with Crippen LogP contribution in [0.5, 0.6) is 0 Å². The van der Waals surface area contributed by atoms with E-state index in [1.54, 1.807) is 0 Å². The lowest BCUT2D eigenvalue weighted by Gasteiger charge is -2.26. The highest BCUT2D eigenvalue weighted by Gasteiger charge is 2.22. The summed E-state index contributed by atoms with van der Waals surface area (Å²) in [4.78, 5) is 37.7. The van der Waals surface area contributed by atoms with Crippen molar-refractivity contribution in [2.45, 2.75) is 450 Å². The first kappa shape index (κ1) is 96.0. The average Bonchev–Trinajstić information content (AvgIpc) is 1.16. The third-order valence-electron chi connectivity index (χ3n) is 19.7. The van der Waals surface area contributed by atoms with Gasteiger partial charge in [-0.2, -0.15) is 0 Å². The van der Waals surface area contributed by atoms with E-state index in [0.717, 1.165) is 64.2 Å². The molecule has 0 amide bonds. The van der Waals surface area contributed by atoms with Crippen LogP contribution in [-0.2, 0) is 33.3 Å². The molecule has 2 unspecified atom stereocenters. The van der Waals surface area contributed by atoms with Crippen LogP contribution < -0.4 is 5.11 Å². The van der Waals surface area contributed by atoms with Gasteiger partial charge < -0.3 is 33.3 Å². The van der Waals surface area contributed by atoms with Gasteiger partial charge in [0, 0.05) is 12.8 Å². The van der Waals surface area contributed by atoms with Crippen LogP contribution in [0.1, 0.15) is 438 Å². The highest BCUT2D eigenvalue weighted by molar-refractivity contribution is 5.70. The first-order valence-electron chi connectivity index (χ1n) is 43.4. The van der Waals surface area contributed by atoms with Crippen molar-refractivity contribution in [1.29, 1.82) is 0 Å². The number of aliphatic carboxylic acids is 1. The Morgan fingerprint density at radius 2 is 0.576 bits per heavy atom. The van der Waals surface area contributed by atoms with E-state index in [2.05, 4.69) is 74.6 Å². The monoisotopic (exact) mass is 1390 g/mol. The van der Waals surface area contributed by atoms with E-state index < -0.39 is 24.3 Å². The summed E-state index contributed by atoms with van der Waals surface area (Å²) in [6.45, 7) is 4.71. The van der Waals surface area contributed by atoms with Gasteiger partial charge in [-0.25, -0.2) is 0 Å². The highest BCUT2D eigenvalue weighted by Crippen LogP contribution is 2.20. The van der Waals surface area contributed by atoms with Crippen LogP contribution in [0.3, 0.4) is 0 Å². The summed E-state index contributed by atoms with van der Waals surface area (Å²) in [5.41, 5.74) is 0. The second-order valence-corrected chi connectivity index (χ2v) is 30.8. The molecule has 0 radical (unpaired) electrons. The van der Waals surface area contributed by atoms with Crippen molar-refractivity contribution in [1.82, 2.24) is 0 Å². The number of esters is 2. The number of carboxylic acid groups (broad SMARTS) is 1. The Morgan fingerprint density at radius 3 is 0.869 bits per heavy atom. The van der Waals surface area contributed by atoms with Crippen LogP contribution in [0.2, 0.25) is 0 Å². The fraction of sp³-hybridized carbons (Fsp3) is 0.856. The van der Waals surface area contributed by atoms with E-state index in [1.807, 2.05) is 21.1 Å². The fourth-order valence-corrected chi connectivity index (χ4v) is 13.2. The van der Waals surface area contributed by atoms with E-state index in [0.29, 0.717) is 17.4 Å². The van der Waals surface area contributed by atoms with Crippen LogP contribution in [-0.4, -0.2) is 82.3 Å². The minimum absolute atomic E-state index is 0.150. The van der Waals surface area contributed by atoms with E-state index in [9.17, 15) is 19.5 Å². The lowest BCUT2D eigenvalue weighted by Crippen LogP contribution is -2.44. The van der Waals surface area contributed by atoms with Crippen LogP contribution in [0.15, 0.2) is 60.8 Å². The normalized spacial score (nSPS) is 12.9. The van der Waals surface area contributed by atoms with Crippen molar-refractivity contribution in [3.8, 4) is 0 Å². The smallest absolute Gasteiger partial charge is 0.306 e. The Bertz CT molecular complexity index is 1820. The van der Waals surface area contributed by atoms with Gasteiger partial charge in [0.15, 0.2) is 12.4 Å². The molecule has 0 aliphatic carbocycles. The number of allylic oxidation sites excluding steroid dienone is 10. The first-order chi connectivity index (χ1) is 48.6. The van der Waals surface area contributed by atoms with E-state index in [-0.39, 0.29) is 32.2 Å². The molecule has 0 aromatic carbocycles.